The molecule has 4 aliphatic rings. The van der Waals surface area contributed by atoms with Crippen LogP contribution >= 0.6 is 11.6 Å². The average Bonchev–Trinajstić information content (AvgIpc) is 2.78. The third-order valence-electron chi connectivity index (χ3n) is 5.17. The lowest BCUT2D eigenvalue weighted by Gasteiger charge is -2.38. The van der Waals surface area contributed by atoms with Gasteiger partial charge in [-0.2, -0.15) is 0 Å². The summed E-state index contributed by atoms with van der Waals surface area (Å²) >= 11 is 6.15. The minimum absolute atomic E-state index is 0.0519. The number of aryl methyl sites for hydroxylation is 1. The van der Waals surface area contributed by atoms with Crippen LogP contribution in [0, 0.1) is 30.6 Å². The maximum atomic E-state index is 12.8. The smallest absolute Gasteiger partial charge is 0.238 e. The summed E-state index contributed by atoms with van der Waals surface area (Å²) < 4.78 is 0. The van der Waals surface area contributed by atoms with Gasteiger partial charge in [0, 0.05) is 5.02 Å². The van der Waals surface area contributed by atoms with E-state index in [2.05, 4.69) is 12.2 Å². The van der Waals surface area contributed by atoms with E-state index in [9.17, 15) is 9.59 Å². The minimum atomic E-state index is -0.165. The summed E-state index contributed by atoms with van der Waals surface area (Å²) in [5.74, 6) is 0.0142. The van der Waals surface area contributed by atoms with Crippen LogP contribution in [0.1, 0.15) is 18.4 Å². The monoisotopic (exact) mass is 301 g/mol. The molecule has 1 aliphatic heterocycles. The van der Waals surface area contributed by atoms with E-state index in [4.69, 9.17) is 11.6 Å². The maximum absolute atomic E-state index is 12.8. The number of imide groups is 1. The van der Waals surface area contributed by atoms with Crippen molar-refractivity contribution < 1.29 is 9.59 Å². The van der Waals surface area contributed by atoms with Gasteiger partial charge in [0.25, 0.3) is 0 Å². The van der Waals surface area contributed by atoms with Crippen LogP contribution in [0.5, 0.6) is 0 Å². The molecule has 0 N–H and O–H groups in total. The third kappa shape index (κ3) is 1.73. The first kappa shape index (κ1) is 13.1. The average molecular weight is 302 g/mol. The van der Waals surface area contributed by atoms with Crippen molar-refractivity contribution in [3.63, 3.8) is 0 Å². The van der Waals surface area contributed by atoms with Crippen molar-refractivity contribution in [2.75, 3.05) is 4.90 Å². The van der Waals surface area contributed by atoms with E-state index in [0.717, 1.165) is 18.4 Å². The number of rotatable bonds is 1. The molecule has 21 heavy (non-hydrogen) atoms. The van der Waals surface area contributed by atoms with Crippen molar-refractivity contribution in [2.24, 2.45) is 23.7 Å². The summed E-state index contributed by atoms with van der Waals surface area (Å²) in [6, 6.07) is 5.39. The fraction of sp³-hybridized carbons (Fsp3) is 0.412. The first-order valence-corrected chi connectivity index (χ1v) is 7.78. The van der Waals surface area contributed by atoms with E-state index in [1.807, 2.05) is 19.1 Å². The zero-order valence-corrected chi connectivity index (χ0v) is 12.5. The van der Waals surface area contributed by atoms with Crippen LogP contribution in [0.15, 0.2) is 30.4 Å². The van der Waals surface area contributed by atoms with Crippen molar-refractivity contribution in [1.82, 2.24) is 0 Å². The Hall–Kier alpha value is -1.61. The topological polar surface area (TPSA) is 37.4 Å². The lowest BCUT2D eigenvalue weighted by Crippen LogP contribution is -2.38. The molecule has 4 heteroatoms. The normalized spacial score (nSPS) is 33.7. The van der Waals surface area contributed by atoms with Crippen molar-refractivity contribution in [3.8, 4) is 0 Å². The van der Waals surface area contributed by atoms with Crippen LogP contribution in [0.2, 0.25) is 5.02 Å². The number of amides is 2. The number of allylic oxidation sites excluding steroid dienone is 2. The number of carbonyl (C=O) groups is 2. The van der Waals surface area contributed by atoms with Crippen LogP contribution < -0.4 is 4.90 Å². The third-order valence-corrected chi connectivity index (χ3v) is 5.58. The Morgan fingerprint density at radius 2 is 1.62 bits per heavy atom. The predicted molar refractivity (Wildman–Crippen MR) is 81.0 cm³/mol. The van der Waals surface area contributed by atoms with Crippen molar-refractivity contribution in [3.05, 3.63) is 40.9 Å². The number of fused-ring (bicyclic) bond motifs is 1. The number of carbonyl (C=O) groups excluding carboxylic acids is 2. The maximum Gasteiger partial charge on any atom is 0.238 e. The first-order chi connectivity index (χ1) is 10.1. The quantitative estimate of drug-likeness (QED) is 0.589. The van der Waals surface area contributed by atoms with Gasteiger partial charge in [-0.3, -0.25) is 9.59 Å². The fourth-order valence-electron chi connectivity index (χ4n) is 4.05. The molecule has 0 spiro atoms. The molecule has 1 heterocycles. The molecule has 3 aliphatic carbocycles. The molecule has 0 radical (unpaired) electrons. The van der Waals surface area contributed by atoms with Crippen molar-refractivity contribution in [1.29, 1.82) is 0 Å². The molecule has 4 atom stereocenters. The zero-order valence-electron chi connectivity index (χ0n) is 11.8. The fourth-order valence-corrected chi connectivity index (χ4v) is 4.22. The summed E-state index contributed by atoms with van der Waals surface area (Å²) in [6.45, 7) is 1.91. The van der Waals surface area contributed by atoms with Gasteiger partial charge in [0.15, 0.2) is 0 Å². The molecule has 0 aromatic heterocycles. The Labute approximate surface area is 128 Å². The van der Waals surface area contributed by atoms with Gasteiger partial charge in [-0.05, 0) is 49.3 Å². The van der Waals surface area contributed by atoms with Gasteiger partial charge in [0.1, 0.15) is 0 Å². The zero-order chi connectivity index (χ0) is 14.7. The highest BCUT2D eigenvalue weighted by Gasteiger charge is 2.56. The van der Waals surface area contributed by atoms with Crippen molar-refractivity contribution >= 4 is 29.1 Å². The van der Waals surface area contributed by atoms with E-state index in [1.165, 1.54) is 4.90 Å². The summed E-state index contributed by atoms with van der Waals surface area (Å²) in [6.07, 6.45) is 6.30. The van der Waals surface area contributed by atoms with E-state index < -0.39 is 0 Å². The number of hydrogen-bond donors (Lipinski definition) is 0. The van der Waals surface area contributed by atoms with Crippen LogP contribution in [0.25, 0.3) is 0 Å². The highest BCUT2D eigenvalue weighted by molar-refractivity contribution is 6.32. The minimum Gasteiger partial charge on any atom is -0.274 e. The molecule has 1 saturated heterocycles. The van der Waals surface area contributed by atoms with E-state index in [-0.39, 0.29) is 35.5 Å². The van der Waals surface area contributed by atoms with E-state index >= 15 is 0 Å². The van der Waals surface area contributed by atoms with Gasteiger partial charge >= 0.3 is 0 Å². The summed E-state index contributed by atoms with van der Waals surface area (Å²) in [5, 5.41) is 0.587. The lowest BCUT2D eigenvalue weighted by atomic mass is 9.63. The van der Waals surface area contributed by atoms with Crippen LogP contribution in [-0.4, -0.2) is 11.8 Å². The van der Waals surface area contributed by atoms with Gasteiger partial charge in [-0.25, -0.2) is 4.90 Å². The predicted octanol–water partition coefficient (Wildman–Crippen LogP) is 3.35. The molecule has 5 rings (SSSR count). The molecule has 2 bridgehead atoms. The summed E-state index contributed by atoms with van der Waals surface area (Å²) in [4.78, 5) is 26.9. The van der Waals surface area contributed by atoms with E-state index in [0.29, 0.717) is 10.7 Å². The van der Waals surface area contributed by atoms with Gasteiger partial charge < -0.3 is 0 Å². The van der Waals surface area contributed by atoms with Crippen molar-refractivity contribution in [2.45, 2.75) is 19.8 Å². The Morgan fingerprint density at radius 3 is 2.10 bits per heavy atom. The van der Waals surface area contributed by atoms with Gasteiger partial charge in [-0.1, -0.05) is 29.8 Å². The Morgan fingerprint density at radius 1 is 1.05 bits per heavy atom. The number of nitrogens with zero attached hydrogens (tertiary/aromatic N) is 1. The molecule has 1 aromatic carbocycles. The second-order valence-corrected chi connectivity index (χ2v) is 6.69. The molecule has 108 valence electrons. The van der Waals surface area contributed by atoms with Gasteiger partial charge in [0.2, 0.25) is 11.8 Å². The first-order valence-electron chi connectivity index (χ1n) is 7.40. The van der Waals surface area contributed by atoms with Crippen LogP contribution in [0.3, 0.4) is 0 Å². The lowest BCUT2D eigenvalue weighted by molar-refractivity contribution is -0.124. The Balaban J connectivity index is 1.76. The standard InChI is InChI=1S/C17H16ClNO2/c1-9-2-7-12(8-13(9)18)19-16(20)14-10-3-4-11(6-5-10)15(14)17(19)21/h2-4,7-8,10-11,14-15H,5-6H2,1H3/t10-,11-,14+,15+/m0/s1. The Kier molecular flexibility index (Phi) is 2.77. The number of benzene rings is 1. The molecular weight excluding hydrogens is 286 g/mol. The van der Waals surface area contributed by atoms with Crippen LogP contribution in [-0.2, 0) is 9.59 Å². The highest BCUT2D eigenvalue weighted by atomic mass is 35.5. The number of hydrogen-bond acceptors (Lipinski definition) is 2. The van der Waals surface area contributed by atoms with Gasteiger partial charge in [-0.15, -0.1) is 0 Å². The molecule has 3 nitrogen and oxygen atoms in total. The molecule has 0 unspecified atom stereocenters. The molecule has 2 fully saturated rings. The molecular formula is C17H16ClNO2. The summed E-state index contributed by atoms with van der Waals surface area (Å²) in [7, 11) is 0. The van der Waals surface area contributed by atoms with E-state index in [1.54, 1.807) is 6.07 Å². The van der Waals surface area contributed by atoms with Gasteiger partial charge in [0.05, 0.1) is 17.5 Å². The SMILES string of the molecule is Cc1ccc(N2C(=O)[C@H]3[C@H](C2=O)[C@H]2C=C[C@H]3CC2)cc1Cl. The Bertz CT molecular complexity index is 649. The second-order valence-electron chi connectivity index (χ2n) is 6.29. The molecule has 2 amide bonds. The van der Waals surface area contributed by atoms with Crippen LogP contribution in [0.4, 0.5) is 5.69 Å². The largest absolute Gasteiger partial charge is 0.274 e. The molecule has 1 aromatic rings. The highest BCUT2D eigenvalue weighted by Crippen LogP contribution is 2.50. The number of halogens is 1. The number of anilines is 1. The summed E-state index contributed by atoms with van der Waals surface area (Å²) in [5.41, 5.74) is 1.55. The second kappa shape index (κ2) is 4.44. The molecule has 1 saturated carbocycles.